The van der Waals surface area contributed by atoms with E-state index in [-0.39, 0.29) is 6.04 Å². The second-order valence-corrected chi connectivity index (χ2v) is 4.59. The van der Waals surface area contributed by atoms with Crippen molar-refractivity contribution in [2.75, 3.05) is 11.9 Å². The van der Waals surface area contributed by atoms with Crippen molar-refractivity contribution in [2.45, 2.75) is 32.2 Å². The number of para-hydroxylation sites is 1. The lowest BCUT2D eigenvalue weighted by molar-refractivity contribution is -0.119. The van der Waals surface area contributed by atoms with E-state index < -0.39 is 0 Å². The summed E-state index contributed by atoms with van der Waals surface area (Å²) in [6.07, 6.45) is 6.51. The van der Waals surface area contributed by atoms with Gasteiger partial charge >= 0.3 is 0 Å². The van der Waals surface area contributed by atoms with E-state index in [1.54, 1.807) is 0 Å². The lowest BCUT2D eigenvalue weighted by Gasteiger charge is -2.32. The minimum absolute atomic E-state index is 0.212. The van der Waals surface area contributed by atoms with E-state index in [2.05, 4.69) is 36.2 Å². The number of benzene rings is 1. The van der Waals surface area contributed by atoms with Gasteiger partial charge in [-0.25, -0.2) is 0 Å². The van der Waals surface area contributed by atoms with Crippen LogP contribution in [0.25, 0.3) is 6.08 Å². The summed E-state index contributed by atoms with van der Waals surface area (Å²) >= 11 is 0. The molecule has 1 unspecified atom stereocenters. The molecule has 0 saturated heterocycles. The first kappa shape index (κ1) is 11.9. The SMILES string of the molecule is CCCC(=O)CC1C=Cc2ccccc2N1C. The normalized spacial score (nSPS) is 18.0. The minimum atomic E-state index is 0.212. The molecule has 0 aromatic heterocycles. The van der Waals surface area contributed by atoms with Crippen LogP contribution in [0.2, 0.25) is 0 Å². The molecule has 1 aliphatic heterocycles. The molecule has 0 fully saturated rings. The third kappa shape index (κ3) is 2.57. The standard InChI is InChI=1S/C15H19NO/c1-3-6-14(17)11-13-10-9-12-7-4-5-8-15(12)16(13)2/h4-5,7-10,13H,3,6,11H2,1-2H3. The van der Waals surface area contributed by atoms with Crippen molar-refractivity contribution >= 4 is 17.5 Å². The Hall–Kier alpha value is -1.57. The van der Waals surface area contributed by atoms with Gasteiger partial charge in [0.25, 0.3) is 0 Å². The number of fused-ring (bicyclic) bond motifs is 1. The molecule has 0 aliphatic carbocycles. The number of nitrogens with zero attached hydrogens (tertiary/aromatic N) is 1. The molecule has 1 aromatic rings. The maximum atomic E-state index is 11.7. The number of hydrogen-bond acceptors (Lipinski definition) is 2. The van der Waals surface area contributed by atoms with Crippen LogP contribution in [0.4, 0.5) is 5.69 Å². The quantitative estimate of drug-likeness (QED) is 0.789. The van der Waals surface area contributed by atoms with E-state index in [1.165, 1.54) is 11.3 Å². The zero-order valence-electron chi connectivity index (χ0n) is 10.5. The second-order valence-electron chi connectivity index (χ2n) is 4.59. The fourth-order valence-corrected chi connectivity index (χ4v) is 2.29. The van der Waals surface area contributed by atoms with Gasteiger partial charge in [0.1, 0.15) is 5.78 Å². The third-order valence-corrected chi connectivity index (χ3v) is 3.28. The van der Waals surface area contributed by atoms with Crippen molar-refractivity contribution in [1.82, 2.24) is 0 Å². The summed E-state index contributed by atoms with van der Waals surface area (Å²) in [5, 5.41) is 0. The summed E-state index contributed by atoms with van der Waals surface area (Å²) in [4.78, 5) is 13.9. The predicted octanol–water partition coefficient (Wildman–Crippen LogP) is 3.28. The number of likely N-dealkylation sites (N-methyl/N-ethyl adjacent to an activating group) is 1. The Morgan fingerprint density at radius 1 is 1.35 bits per heavy atom. The number of carbonyl (C=O) groups is 1. The van der Waals surface area contributed by atoms with Gasteiger partial charge in [0.2, 0.25) is 0 Å². The molecular formula is C15H19NO. The van der Waals surface area contributed by atoms with Crippen molar-refractivity contribution in [3.8, 4) is 0 Å². The second kappa shape index (κ2) is 5.17. The van der Waals surface area contributed by atoms with Crippen molar-refractivity contribution in [2.24, 2.45) is 0 Å². The summed E-state index contributed by atoms with van der Waals surface area (Å²) in [5.41, 5.74) is 2.44. The van der Waals surface area contributed by atoms with E-state index >= 15 is 0 Å². The molecule has 17 heavy (non-hydrogen) atoms. The van der Waals surface area contributed by atoms with Crippen LogP contribution in [0.5, 0.6) is 0 Å². The Bertz CT molecular complexity index is 436. The van der Waals surface area contributed by atoms with Gasteiger partial charge in [-0.2, -0.15) is 0 Å². The molecule has 1 aliphatic rings. The zero-order chi connectivity index (χ0) is 12.3. The smallest absolute Gasteiger partial charge is 0.135 e. The lowest BCUT2D eigenvalue weighted by Crippen LogP contribution is -2.34. The van der Waals surface area contributed by atoms with Crippen molar-refractivity contribution in [3.05, 3.63) is 35.9 Å². The molecule has 2 nitrogen and oxygen atoms in total. The number of Topliss-reactive ketones (excluding diaryl/α,β-unsaturated/α-hetero) is 1. The highest BCUT2D eigenvalue weighted by molar-refractivity contribution is 5.81. The lowest BCUT2D eigenvalue weighted by atomic mass is 9.99. The molecule has 2 heteroatoms. The molecule has 0 radical (unpaired) electrons. The largest absolute Gasteiger partial charge is 0.367 e. The Morgan fingerprint density at radius 2 is 2.12 bits per heavy atom. The first-order valence-electron chi connectivity index (χ1n) is 6.24. The van der Waals surface area contributed by atoms with Crippen LogP contribution in [0.15, 0.2) is 30.3 Å². The van der Waals surface area contributed by atoms with Gasteiger partial charge in [0.05, 0.1) is 6.04 Å². The van der Waals surface area contributed by atoms with Gasteiger partial charge < -0.3 is 4.90 Å². The van der Waals surface area contributed by atoms with Crippen LogP contribution in [0, 0.1) is 0 Å². The molecule has 1 aromatic carbocycles. The van der Waals surface area contributed by atoms with Crippen molar-refractivity contribution in [1.29, 1.82) is 0 Å². The van der Waals surface area contributed by atoms with Crippen LogP contribution < -0.4 is 4.90 Å². The van der Waals surface area contributed by atoms with E-state index in [1.807, 2.05) is 19.1 Å². The molecule has 0 spiro atoms. The zero-order valence-corrected chi connectivity index (χ0v) is 10.5. The van der Waals surface area contributed by atoms with E-state index in [0.717, 1.165) is 6.42 Å². The monoisotopic (exact) mass is 229 g/mol. The van der Waals surface area contributed by atoms with Gasteiger partial charge in [-0.15, -0.1) is 0 Å². The maximum Gasteiger partial charge on any atom is 0.135 e. The van der Waals surface area contributed by atoms with Gasteiger partial charge in [-0.3, -0.25) is 4.79 Å². The van der Waals surface area contributed by atoms with Crippen molar-refractivity contribution in [3.63, 3.8) is 0 Å². The Balaban J connectivity index is 2.12. The van der Waals surface area contributed by atoms with Gasteiger partial charge in [0, 0.05) is 25.6 Å². The Morgan fingerprint density at radius 3 is 2.88 bits per heavy atom. The average molecular weight is 229 g/mol. The van der Waals surface area contributed by atoms with Gasteiger partial charge in [-0.1, -0.05) is 37.3 Å². The number of anilines is 1. The van der Waals surface area contributed by atoms with Crippen LogP contribution in [0.3, 0.4) is 0 Å². The van der Waals surface area contributed by atoms with Crippen LogP contribution in [0.1, 0.15) is 31.7 Å². The highest BCUT2D eigenvalue weighted by Gasteiger charge is 2.20. The topological polar surface area (TPSA) is 20.3 Å². The van der Waals surface area contributed by atoms with E-state index in [0.29, 0.717) is 18.6 Å². The van der Waals surface area contributed by atoms with Crippen molar-refractivity contribution < 1.29 is 4.79 Å². The molecule has 1 heterocycles. The van der Waals surface area contributed by atoms with Gasteiger partial charge in [0.15, 0.2) is 0 Å². The molecule has 0 saturated carbocycles. The van der Waals surface area contributed by atoms with Gasteiger partial charge in [-0.05, 0) is 18.1 Å². The maximum absolute atomic E-state index is 11.7. The molecule has 1 atom stereocenters. The summed E-state index contributed by atoms with van der Waals surface area (Å²) in [6.45, 7) is 2.05. The fraction of sp³-hybridized carbons (Fsp3) is 0.400. The summed E-state index contributed by atoms with van der Waals surface area (Å²) < 4.78 is 0. The molecule has 0 amide bonds. The van der Waals surface area contributed by atoms with E-state index in [4.69, 9.17) is 0 Å². The number of hydrogen-bond donors (Lipinski definition) is 0. The first-order valence-corrected chi connectivity index (χ1v) is 6.24. The molecule has 90 valence electrons. The van der Waals surface area contributed by atoms with Crippen LogP contribution in [-0.2, 0) is 4.79 Å². The first-order chi connectivity index (χ1) is 8.22. The summed E-state index contributed by atoms with van der Waals surface area (Å²) in [6, 6.07) is 8.51. The minimum Gasteiger partial charge on any atom is -0.367 e. The highest BCUT2D eigenvalue weighted by Crippen LogP contribution is 2.28. The number of ketones is 1. The molecule has 0 bridgehead atoms. The summed E-state index contributed by atoms with van der Waals surface area (Å²) in [7, 11) is 2.06. The number of carbonyl (C=O) groups excluding carboxylic acids is 1. The Labute approximate surface area is 103 Å². The van der Waals surface area contributed by atoms with E-state index in [9.17, 15) is 4.79 Å². The summed E-state index contributed by atoms with van der Waals surface area (Å²) in [5.74, 6) is 0.355. The molecule has 0 N–H and O–H groups in total. The average Bonchev–Trinajstić information content (AvgIpc) is 2.33. The third-order valence-electron chi connectivity index (χ3n) is 3.28. The Kier molecular flexibility index (Phi) is 3.62. The number of rotatable bonds is 4. The predicted molar refractivity (Wildman–Crippen MR) is 72.2 cm³/mol. The van der Waals surface area contributed by atoms with Crippen LogP contribution >= 0.6 is 0 Å². The molecule has 2 rings (SSSR count). The highest BCUT2D eigenvalue weighted by atomic mass is 16.1. The molecular weight excluding hydrogens is 210 g/mol. The fourth-order valence-electron chi connectivity index (χ4n) is 2.29. The van der Waals surface area contributed by atoms with Crippen LogP contribution in [-0.4, -0.2) is 18.9 Å².